The predicted octanol–water partition coefficient (Wildman–Crippen LogP) is 4.26. The third-order valence-corrected chi connectivity index (χ3v) is 5.32. The number of nitrogens with zero attached hydrogens (tertiary/aromatic N) is 1. The smallest absolute Gasteiger partial charge is 0.255 e. The molecule has 1 fully saturated rings. The average Bonchev–Trinajstić information content (AvgIpc) is 3.39. The van der Waals surface area contributed by atoms with Crippen molar-refractivity contribution in [2.75, 3.05) is 5.32 Å². The summed E-state index contributed by atoms with van der Waals surface area (Å²) < 4.78 is 0. The number of hydrogen-bond acceptors (Lipinski definition) is 4. The Balaban J connectivity index is 1.44. The highest BCUT2D eigenvalue weighted by atomic mass is 32.1. The maximum Gasteiger partial charge on any atom is 0.255 e. The number of rotatable bonds is 5. The molecule has 5 nitrogen and oxygen atoms in total. The summed E-state index contributed by atoms with van der Waals surface area (Å²) in [5, 5.41) is 8.74. The molecule has 0 bridgehead atoms. The van der Waals surface area contributed by atoms with Gasteiger partial charge in [-0.25, -0.2) is 4.98 Å². The van der Waals surface area contributed by atoms with Gasteiger partial charge in [0.2, 0.25) is 0 Å². The molecule has 2 aromatic carbocycles. The van der Waals surface area contributed by atoms with Gasteiger partial charge in [-0.3, -0.25) is 9.59 Å². The summed E-state index contributed by atoms with van der Waals surface area (Å²) in [5.74, 6) is -0.312. The lowest BCUT2D eigenvalue weighted by molar-refractivity contribution is 0.0949. The fourth-order valence-electron chi connectivity index (χ4n) is 2.69. The van der Waals surface area contributed by atoms with Crippen LogP contribution < -0.4 is 10.6 Å². The van der Waals surface area contributed by atoms with E-state index in [2.05, 4.69) is 15.6 Å². The topological polar surface area (TPSA) is 71.1 Å². The van der Waals surface area contributed by atoms with Gasteiger partial charge in [0.05, 0.1) is 0 Å². The molecule has 27 heavy (non-hydrogen) atoms. The maximum absolute atomic E-state index is 12.5. The minimum atomic E-state index is -0.211. The number of aryl methyl sites for hydroxylation is 1. The summed E-state index contributed by atoms with van der Waals surface area (Å²) in [6, 6.07) is 14.6. The van der Waals surface area contributed by atoms with Crippen LogP contribution in [0.1, 0.15) is 39.3 Å². The Kier molecular flexibility index (Phi) is 4.73. The highest BCUT2D eigenvalue weighted by Crippen LogP contribution is 2.24. The Morgan fingerprint density at radius 2 is 1.81 bits per heavy atom. The minimum Gasteiger partial charge on any atom is -0.349 e. The molecule has 0 spiro atoms. The van der Waals surface area contributed by atoms with E-state index in [9.17, 15) is 9.59 Å². The largest absolute Gasteiger partial charge is 0.349 e. The molecule has 2 amide bonds. The lowest BCUT2D eigenvalue weighted by atomic mass is 10.1. The van der Waals surface area contributed by atoms with E-state index in [4.69, 9.17) is 0 Å². The summed E-state index contributed by atoms with van der Waals surface area (Å²) in [6.45, 7) is 1.96. The van der Waals surface area contributed by atoms with Gasteiger partial charge in [0.25, 0.3) is 11.8 Å². The van der Waals surface area contributed by atoms with Crippen LogP contribution in [-0.4, -0.2) is 22.8 Å². The molecule has 1 saturated carbocycles. The van der Waals surface area contributed by atoms with E-state index in [1.54, 1.807) is 47.7 Å². The molecule has 1 heterocycles. The van der Waals surface area contributed by atoms with E-state index in [-0.39, 0.29) is 11.8 Å². The number of nitrogens with one attached hydrogen (secondary N) is 2. The standard InChI is InChI=1S/C21H19N3O2S/c1-13-12-27-21(22-13)15-7-5-14(6-8-15)19(25)24-18-4-2-3-16(11-18)20(26)23-17-9-10-17/h2-8,11-12,17H,9-10H2,1H3,(H,23,26)(H,24,25). The number of benzene rings is 2. The van der Waals surface area contributed by atoms with Gasteiger partial charge in [0.1, 0.15) is 5.01 Å². The Hall–Kier alpha value is -2.99. The highest BCUT2D eigenvalue weighted by Gasteiger charge is 2.23. The van der Waals surface area contributed by atoms with Gasteiger partial charge in [-0.05, 0) is 50.1 Å². The number of carbonyl (C=O) groups excluding carboxylic acids is 2. The predicted molar refractivity (Wildman–Crippen MR) is 107 cm³/mol. The summed E-state index contributed by atoms with van der Waals surface area (Å²) in [7, 11) is 0. The molecule has 0 unspecified atom stereocenters. The molecule has 4 rings (SSSR count). The minimum absolute atomic E-state index is 0.100. The van der Waals surface area contributed by atoms with E-state index in [1.165, 1.54) is 0 Å². The maximum atomic E-state index is 12.5. The molecule has 0 atom stereocenters. The van der Waals surface area contributed by atoms with E-state index in [1.807, 2.05) is 24.4 Å². The fourth-order valence-corrected chi connectivity index (χ4v) is 3.49. The van der Waals surface area contributed by atoms with Crippen molar-refractivity contribution in [3.05, 3.63) is 70.7 Å². The number of anilines is 1. The lowest BCUT2D eigenvalue weighted by Gasteiger charge is -2.08. The first kappa shape index (κ1) is 17.4. The van der Waals surface area contributed by atoms with Gasteiger partial charge >= 0.3 is 0 Å². The molecule has 1 aliphatic rings. The SMILES string of the molecule is Cc1csc(-c2ccc(C(=O)Nc3cccc(C(=O)NC4CC4)c3)cc2)n1. The van der Waals surface area contributed by atoms with Crippen molar-refractivity contribution in [3.8, 4) is 10.6 Å². The quantitative estimate of drug-likeness (QED) is 0.698. The fraction of sp³-hybridized carbons (Fsp3) is 0.190. The normalized spacial score (nSPS) is 13.2. The lowest BCUT2D eigenvalue weighted by Crippen LogP contribution is -2.25. The summed E-state index contributed by atoms with van der Waals surface area (Å²) in [5.41, 5.74) is 3.68. The van der Waals surface area contributed by atoms with Crippen LogP contribution in [0.2, 0.25) is 0 Å². The second kappa shape index (κ2) is 7.32. The van der Waals surface area contributed by atoms with Crippen LogP contribution in [0.3, 0.4) is 0 Å². The van der Waals surface area contributed by atoms with Crippen LogP contribution in [-0.2, 0) is 0 Å². The molecule has 6 heteroatoms. The zero-order chi connectivity index (χ0) is 18.8. The molecule has 136 valence electrons. The third kappa shape index (κ3) is 4.23. The summed E-state index contributed by atoms with van der Waals surface area (Å²) in [4.78, 5) is 29.1. The first-order chi connectivity index (χ1) is 13.1. The summed E-state index contributed by atoms with van der Waals surface area (Å²) >= 11 is 1.58. The molecule has 1 aromatic heterocycles. The highest BCUT2D eigenvalue weighted by molar-refractivity contribution is 7.13. The Bertz CT molecular complexity index is 991. The first-order valence-electron chi connectivity index (χ1n) is 8.83. The summed E-state index contributed by atoms with van der Waals surface area (Å²) in [6.07, 6.45) is 2.08. The molecule has 2 N–H and O–H groups in total. The van der Waals surface area contributed by atoms with Gasteiger partial charge in [0, 0.05) is 39.5 Å². The Morgan fingerprint density at radius 3 is 2.48 bits per heavy atom. The average molecular weight is 377 g/mol. The first-order valence-corrected chi connectivity index (χ1v) is 9.71. The molecule has 0 saturated heterocycles. The van der Waals surface area contributed by atoms with Crippen molar-refractivity contribution in [2.45, 2.75) is 25.8 Å². The van der Waals surface area contributed by atoms with E-state index in [0.29, 0.717) is 22.9 Å². The van der Waals surface area contributed by atoms with Crippen molar-refractivity contribution in [2.24, 2.45) is 0 Å². The van der Waals surface area contributed by atoms with E-state index >= 15 is 0 Å². The van der Waals surface area contributed by atoms with Crippen molar-refractivity contribution in [3.63, 3.8) is 0 Å². The van der Waals surface area contributed by atoms with Gasteiger partial charge < -0.3 is 10.6 Å². The van der Waals surface area contributed by atoms with Gasteiger partial charge in [-0.1, -0.05) is 18.2 Å². The molecule has 0 radical (unpaired) electrons. The van der Waals surface area contributed by atoms with Crippen molar-refractivity contribution in [1.82, 2.24) is 10.3 Å². The van der Waals surface area contributed by atoms with E-state index < -0.39 is 0 Å². The van der Waals surface area contributed by atoms with Crippen LogP contribution in [0.15, 0.2) is 53.9 Å². The molecule has 1 aliphatic carbocycles. The molecule has 3 aromatic rings. The van der Waals surface area contributed by atoms with Gasteiger partial charge in [-0.15, -0.1) is 11.3 Å². The van der Waals surface area contributed by atoms with E-state index in [0.717, 1.165) is 29.1 Å². The number of carbonyl (C=O) groups is 2. The van der Waals surface area contributed by atoms with Gasteiger partial charge in [-0.2, -0.15) is 0 Å². The van der Waals surface area contributed by atoms with Crippen molar-refractivity contribution in [1.29, 1.82) is 0 Å². The number of aromatic nitrogens is 1. The zero-order valence-electron chi connectivity index (χ0n) is 14.9. The second-order valence-electron chi connectivity index (χ2n) is 6.65. The number of hydrogen-bond donors (Lipinski definition) is 2. The Labute approximate surface area is 161 Å². The monoisotopic (exact) mass is 377 g/mol. The van der Waals surface area contributed by atoms with Crippen molar-refractivity contribution >= 4 is 28.8 Å². The number of amides is 2. The van der Waals surface area contributed by atoms with Crippen LogP contribution in [0.5, 0.6) is 0 Å². The molecular formula is C21H19N3O2S. The molecular weight excluding hydrogens is 358 g/mol. The van der Waals surface area contributed by atoms with Gasteiger partial charge in [0.15, 0.2) is 0 Å². The second-order valence-corrected chi connectivity index (χ2v) is 7.51. The van der Waals surface area contributed by atoms with Crippen LogP contribution >= 0.6 is 11.3 Å². The van der Waals surface area contributed by atoms with Crippen LogP contribution in [0.25, 0.3) is 10.6 Å². The van der Waals surface area contributed by atoms with Crippen molar-refractivity contribution < 1.29 is 9.59 Å². The van der Waals surface area contributed by atoms with Crippen LogP contribution in [0, 0.1) is 6.92 Å². The number of thiazole rings is 1. The zero-order valence-corrected chi connectivity index (χ0v) is 15.7. The Morgan fingerprint density at radius 1 is 1.04 bits per heavy atom. The van der Waals surface area contributed by atoms with Crippen LogP contribution in [0.4, 0.5) is 5.69 Å². The third-order valence-electron chi connectivity index (χ3n) is 4.31. The molecule has 0 aliphatic heterocycles.